The number of carboxylic acids is 2. The van der Waals surface area contributed by atoms with Crippen LogP contribution in [0, 0.1) is 10.1 Å². The van der Waals surface area contributed by atoms with E-state index in [-0.39, 0.29) is 60.0 Å². The number of nitrogens with one attached hydrogen (secondary N) is 1. The van der Waals surface area contributed by atoms with Crippen molar-refractivity contribution >= 4 is 17.6 Å². The minimum Gasteiger partial charge on any atom is -0.478 e. The molecule has 1 aliphatic rings. The normalized spacial score (nSPS) is 15.9. The number of allylic oxidation sites excluding steroid dienone is 2. The van der Waals surface area contributed by atoms with E-state index < -0.39 is 28.9 Å². The minimum atomic E-state index is -1.36. The van der Waals surface area contributed by atoms with Crippen molar-refractivity contribution in [1.82, 2.24) is 10.2 Å². The van der Waals surface area contributed by atoms with Gasteiger partial charge in [-0.3, -0.25) is 10.1 Å². The smallest absolute Gasteiger partial charge is 0.334 e. The first-order valence-electron chi connectivity index (χ1n) is 9.49. The number of non-ortho nitro benzene ring substituents is 1. The van der Waals surface area contributed by atoms with Crippen LogP contribution in [-0.4, -0.2) is 74.5 Å². The number of carbonyl (C=O) groups is 2. The lowest BCUT2D eigenvalue weighted by Crippen LogP contribution is -2.41. The van der Waals surface area contributed by atoms with Gasteiger partial charge in [0.15, 0.2) is 0 Å². The van der Waals surface area contributed by atoms with Crippen molar-refractivity contribution in [3.63, 3.8) is 0 Å². The molecular formula is C20H25N3O8. The first kappa shape index (κ1) is 24.0. The molecule has 0 aromatic heterocycles. The molecule has 0 fully saturated rings. The van der Waals surface area contributed by atoms with Crippen LogP contribution in [0.1, 0.15) is 25.3 Å². The predicted octanol–water partition coefficient (Wildman–Crippen LogP) is 0.654. The Balaban J connectivity index is 2.58. The van der Waals surface area contributed by atoms with Gasteiger partial charge < -0.3 is 30.6 Å². The second kappa shape index (κ2) is 10.2. The van der Waals surface area contributed by atoms with Crippen molar-refractivity contribution in [2.75, 3.05) is 26.2 Å². The molecule has 0 amide bonds. The number of aliphatic carboxylic acids is 2. The van der Waals surface area contributed by atoms with Crippen molar-refractivity contribution < 1.29 is 34.9 Å². The molecule has 0 radical (unpaired) electrons. The molecule has 0 saturated heterocycles. The summed E-state index contributed by atoms with van der Waals surface area (Å²) in [5, 5.41) is 52.9. The van der Waals surface area contributed by atoms with E-state index in [0.29, 0.717) is 0 Å². The molecular weight excluding hydrogens is 410 g/mol. The van der Waals surface area contributed by atoms with Gasteiger partial charge in [-0.05, 0) is 19.4 Å². The number of aliphatic hydroxyl groups excluding tert-OH is 2. The van der Waals surface area contributed by atoms with Gasteiger partial charge in [0.05, 0.1) is 34.7 Å². The van der Waals surface area contributed by atoms with Crippen LogP contribution in [-0.2, 0) is 9.59 Å². The molecule has 1 unspecified atom stereocenters. The zero-order valence-electron chi connectivity index (χ0n) is 17.1. The van der Waals surface area contributed by atoms with E-state index in [2.05, 4.69) is 5.32 Å². The standard InChI is InChI=1S/C20H25N3O8/c1-11-16(19(26)27)18(13-4-3-5-14(8-13)23(30)31)17(20(28)29)12(2)22(11)10-15(25)9-21-6-7-24/h3-5,8,15,18,21,24-25H,6-7,9-10H2,1-2H3,(H,26,27)(H,28,29). The quantitative estimate of drug-likeness (QED) is 0.199. The molecule has 2 rings (SSSR count). The third kappa shape index (κ3) is 5.26. The van der Waals surface area contributed by atoms with Crippen molar-refractivity contribution in [1.29, 1.82) is 0 Å². The Labute approximate surface area is 178 Å². The molecule has 1 aromatic carbocycles. The van der Waals surface area contributed by atoms with Crippen molar-refractivity contribution in [3.8, 4) is 0 Å². The van der Waals surface area contributed by atoms with E-state index in [1.165, 1.54) is 43.0 Å². The third-order valence-corrected chi connectivity index (χ3v) is 5.10. The summed E-state index contributed by atoms with van der Waals surface area (Å²) < 4.78 is 0. The van der Waals surface area contributed by atoms with E-state index in [1.54, 1.807) is 0 Å². The Morgan fingerprint density at radius 3 is 2.26 bits per heavy atom. The molecule has 1 heterocycles. The predicted molar refractivity (Wildman–Crippen MR) is 109 cm³/mol. The lowest BCUT2D eigenvalue weighted by molar-refractivity contribution is -0.384. The highest BCUT2D eigenvalue weighted by Crippen LogP contribution is 2.42. The maximum absolute atomic E-state index is 12.1. The summed E-state index contributed by atoms with van der Waals surface area (Å²) in [6.45, 7) is 3.18. The summed E-state index contributed by atoms with van der Waals surface area (Å²) in [5.41, 5.74) is -0.124. The van der Waals surface area contributed by atoms with Crippen LogP contribution in [0.4, 0.5) is 5.69 Å². The summed E-state index contributed by atoms with van der Waals surface area (Å²) in [7, 11) is 0. The molecule has 1 aromatic rings. The lowest BCUT2D eigenvalue weighted by atomic mass is 9.79. The first-order chi connectivity index (χ1) is 14.6. The van der Waals surface area contributed by atoms with E-state index in [4.69, 9.17) is 5.11 Å². The van der Waals surface area contributed by atoms with Gasteiger partial charge in [-0.15, -0.1) is 0 Å². The van der Waals surface area contributed by atoms with E-state index in [1.807, 2.05) is 0 Å². The third-order valence-electron chi connectivity index (χ3n) is 5.10. The summed E-state index contributed by atoms with van der Waals surface area (Å²) in [6, 6.07) is 5.23. The van der Waals surface area contributed by atoms with Crippen LogP contribution in [0.25, 0.3) is 0 Å². The second-order valence-corrected chi connectivity index (χ2v) is 7.09. The highest BCUT2D eigenvalue weighted by molar-refractivity contribution is 5.98. The Morgan fingerprint density at radius 1 is 1.19 bits per heavy atom. The van der Waals surface area contributed by atoms with Gasteiger partial charge in [0, 0.05) is 43.2 Å². The molecule has 31 heavy (non-hydrogen) atoms. The van der Waals surface area contributed by atoms with Gasteiger partial charge in [0.25, 0.3) is 5.69 Å². The molecule has 0 bridgehead atoms. The summed E-state index contributed by atoms with van der Waals surface area (Å²) in [5.74, 6) is -3.95. The Kier molecular flexibility index (Phi) is 7.86. The number of carboxylic acid groups (broad SMARTS) is 2. The molecule has 0 saturated carbocycles. The first-order valence-corrected chi connectivity index (χ1v) is 9.49. The van der Waals surface area contributed by atoms with Crippen LogP contribution in [0.15, 0.2) is 46.8 Å². The van der Waals surface area contributed by atoms with Crippen molar-refractivity contribution in [3.05, 3.63) is 62.5 Å². The second-order valence-electron chi connectivity index (χ2n) is 7.09. The van der Waals surface area contributed by atoms with Crippen LogP contribution in [0.5, 0.6) is 0 Å². The van der Waals surface area contributed by atoms with Gasteiger partial charge in [-0.25, -0.2) is 9.59 Å². The number of β-amino-alcohol motifs (C(OH)–C–C–N with tert-alkyl or cyclic N) is 1. The Bertz CT molecular complexity index is 902. The molecule has 1 aliphatic heterocycles. The number of benzene rings is 1. The average molecular weight is 435 g/mol. The highest BCUT2D eigenvalue weighted by atomic mass is 16.6. The van der Waals surface area contributed by atoms with Crippen LogP contribution < -0.4 is 5.32 Å². The summed E-state index contributed by atoms with van der Waals surface area (Å²) in [6.07, 6.45) is -0.976. The van der Waals surface area contributed by atoms with Crippen LogP contribution in [0.3, 0.4) is 0 Å². The van der Waals surface area contributed by atoms with E-state index >= 15 is 0 Å². The highest BCUT2D eigenvalue weighted by Gasteiger charge is 2.40. The largest absolute Gasteiger partial charge is 0.478 e. The van der Waals surface area contributed by atoms with E-state index in [0.717, 1.165) is 0 Å². The topological polar surface area (TPSA) is 173 Å². The van der Waals surface area contributed by atoms with Crippen LogP contribution >= 0.6 is 0 Å². The number of aliphatic hydroxyl groups is 2. The lowest BCUT2D eigenvalue weighted by Gasteiger charge is -2.38. The van der Waals surface area contributed by atoms with Gasteiger partial charge in [0.2, 0.25) is 0 Å². The zero-order chi connectivity index (χ0) is 23.3. The van der Waals surface area contributed by atoms with Gasteiger partial charge in [-0.1, -0.05) is 12.1 Å². The molecule has 11 nitrogen and oxygen atoms in total. The maximum atomic E-state index is 12.1. The maximum Gasteiger partial charge on any atom is 0.334 e. The van der Waals surface area contributed by atoms with Gasteiger partial charge >= 0.3 is 11.9 Å². The van der Waals surface area contributed by atoms with Crippen molar-refractivity contribution in [2.24, 2.45) is 0 Å². The Hall–Kier alpha value is -3.28. The van der Waals surface area contributed by atoms with Crippen molar-refractivity contribution in [2.45, 2.75) is 25.9 Å². The summed E-state index contributed by atoms with van der Waals surface area (Å²) in [4.78, 5) is 36.2. The molecule has 1 atom stereocenters. The number of nitro groups is 1. The fourth-order valence-corrected chi connectivity index (χ4v) is 3.71. The fourth-order valence-electron chi connectivity index (χ4n) is 3.71. The number of rotatable bonds is 10. The van der Waals surface area contributed by atoms with Gasteiger partial charge in [-0.2, -0.15) is 0 Å². The molecule has 5 N–H and O–H groups in total. The average Bonchev–Trinajstić information content (AvgIpc) is 2.70. The number of hydrogen-bond donors (Lipinski definition) is 5. The number of nitrogens with zero attached hydrogens (tertiary/aromatic N) is 2. The summed E-state index contributed by atoms with van der Waals surface area (Å²) >= 11 is 0. The zero-order valence-corrected chi connectivity index (χ0v) is 17.1. The number of nitro benzene ring substituents is 1. The Morgan fingerprint density at radius 2 is 1.77 bits per heavy atom. The molecule has 168 valence electrons. The number of hydrogen-bond acceptors (Lipinski definition) is 8. The van der Waals surface area contributed by atoms with E-state index in [9.17, 15) is 35.0 Å². The van der Waals surface area contributed by atoms with Crippen LogP contribution in [0.2, 0.25) is 0 Å². The fraction of sp³-hybridized carbons (Fsp3) is 0.400. The minimum absolute atomic E-state index is 0.0781. The molecule has 11 heteroatoms. The SMILES string of the molecule is CC1=C(C(=O)O)C(c2cccc([N+](=O)[O-])c2)C(C(=O)O)=C(C)N1CC(O)CNCCO. The monoisotopic (exact) mass is 435 g/mol. The van der Waals surface area contributed by atoms with Gasteiger partial charge in [0.1, 0.15) is 0 Å². The molecule has 0 spiro atoms. The molecule has 0 aliphatic carbocycles.